The number of rotatable bonds is 14. The van der Waals surface area contributed by atoms with Crippen LogP contribution in [0.4, 0.5) is 38.9 Å². The van der Waals surface area contributed by atoms with Crippen molar-refractivity contribution in [1.29, 1.82) is 0 Å². The molecule has 400 valence electrons. The van der Waals surface area contributed by atoms with Gasteiger partial charge in [0.25, 0.3) is 23.6 Å². The van der Waals surface area contributed by atoms with Gasteiger partial charge in [0.05, 0.1) is 20.4 Å². The Bertz CT molecular complexity index is 4390. The Morgan fingerprint density at radius 1 is 0.405 bits per heavy atom. The number of hydrogen-bond acceptors (Lipinski definition) is 17. The summed E-state index contributed by atoms with van der Waals surface area (Å²) in [4.78, 5) is 62.8. The van der Waals surface area contributed by atoms with Crippen LogP contribution in [0.25, 0.3) is 21.5 Å². The molecule has 84 heavy (non-hydrogen) atoms. The van der Waals surface area contributed by atoms with Gasteiger partial charge < -0.3 is 68.3 Å². The Kier molecular flexibility index (Phi) is 28.9. The SMILES string of the molecule is Cc1ccc(C(=O)Nc2ccc(S(=O)(=O)[O-])c3c[c-]c[c-]c23)cc1NC(=O)c1cccc(NC(=O)Nc2cccc(C(=O)Nc3cc(C(=O)Nc4ccc(S(=O)(=O)[O-])c5cc(S(=O)(=O)[O-])cc(S(=O)(=O)[O-])c45)ccc3C)c2)c1.[Na+].[Na+].[Na+].[Na+].[Na+].[Na+]. The van der Waals surface area contributed by atoms with Crippen LogP contribution in [0.15, 0.2) is 153 Å². The monoisotopic (exact) mass is 1270 g/mol. The molecule has 0 radical (unpaired) electrons. The summed E-state index contributed by atoms with van der Waals surface area (Å²) in [5.74, 6) is -3.01. The molecule has 6 amide bonds. The summed E-state index contributed by atoms with van der Waals surface area (Å²) in [7, 11) is -21.6. The van der Waals surface area contributed by atoms with E-state index in [-0.39, 0.29) is 245 Å². The van der Waals surface area contributed by atoms with E-state index >= 15 is 0 Å². The molecule has 0 fully saturated rings. The zero-order chi connectivity index (χ0) is 56.6. The van der Waals surface area contributed by atoms with Crippen molar-refractivity contribution < 1.29 is 253 Å². The largest absolute Gasteiger partial charge is 1.00 e. The van der Waals surface area contributed by atoms with Gasteiger partial charge in [-0.3, -0.25) is 25.2 Å². The van der Waals surface area contributed by atoms with E-state index in [1.165, 1.54) is 97.1 Å². The van der Waals surface area contributed by atoms with Gasteiger partial charge in [0, 0.05) is 61.5 Å². The molecule has 23 nitrogen and oxygen atoms in total. The maximum Gasteiger partial charge on any atom is 1.00 e. The van der Waals surface area contributed by atoms with Gasteiger partial charge in [-0.1, -0.05) is 30.3 Å². The number of aryl methyl sites for hydroxylation is 2. The molecular formula is C51H34N6Na6O17S4. The smallest absolute Gasteiger partial charge is 0.746 e. The maximum absolute atomic E-state index is 13.6. The van der Waals surface area contributed by atoms with E-state index in [2.05, 4.69) is 44.0 Å². The first-order chi connectivity index (χ1) is 36.5. The minimum Gasteiger partial charge on any atom is -0.746 e. The minimum atomic E-state index is -5.72. The average molecular weight is 1270 g/mol. The number of carbonyl (C=O) groups excluding carboxylic acids is 5. The second-order valence-electron chi connectivity index (χ2n) is 16.9. The molecular weight excluding hydrogens is 1230 g/mol. The van der Waals surface area contributed by atoms with Gasteiger partial charge in [-0.05, 0) is 121 Å². The predicted molar refractivity (Wildman–Crippen MR) is 277 cm³/mol. The standard InChI is InChI=1S/C51H38N6O17S4.6Na/c1-27-13-15-31(49(60)54-39-17-19-43(76(66,67)68)37-12-4-3-11-36(37)39)23-41(27)56-47(58)29-7-5-9-33(21-29)52-51(62)53-34-10-6-8-30(22-34)48(59)57-42-24-32(16-14-28(42)2)50(61)55-40-18-20-44(77(69,70)71)38-25-35(75(63,64)65)26-45(46(38)40)78(72,73)74;;;;;;/h3,5-10,12-26H,1-2H3,(H,54,60)(H,55,61)(H,56,58)(H,57,59)(H2,52,53,62)(H,63,64,65)(H,66,67,68)(H,69,70,71)(H,72,73,74);;;;;;/q-2;6*+1/p-4. The number of anilines is 6. The predicted octanol–water partition coefficient (Wildman–Crippen LogP) is -11.5. The van der Waals surface area contributed by atoms with Crippen molar-refractivity contribution in [2.75, 3.05) is 31.9 Å². The first kappa shape index (κ1) is 77.2. The summed E-state index contributed by atoms with van der Waals surface area (Å²) in [6.45, 7) is 3.26. The fraction of sp³-hybridized carbons (Fsp3) is 0.0392. The molecule has 0 unspecified atom stereocenters. The molecule has 0 aliphatic heterocycles. The van der Waals surface area contributed by atoms with Crippen LogP contribution < -0.4 is 209 Å². The van der Waals surface area contributed by atoms with Gasteiger partial charge in [-0.2, -0.15) is 0 Å². The Hall–Kier alpha value is -2.93. The van der Waals surface area contributed by atoms with E-state index in [1.807, 2.05) is 0 Å². The number of urea groups is 1. The normalized spacial score (nSPS) is 11.0. The first-order valence-corrected chi connectivity index (χ1v) is 27.7. The van der Waals surface area contributed by atoms with E-state index in [4.69, 9.17) is 0 Å². The molecule has 0 aliphatic carbocycles. The van der Waals surface area contributed by atoms with Gasteiger partial charge in [0.2, 0.25) is 0 Å². The molecule has 0 bridgehead atoms. The number of hydrogen-bond donors (Lipinski definition) is 6. The third kappa shape index (κ3) is 18.8. The number of benzene rings is 8. The number of fused-ring (bicyclic) bond motifs is 2. The molecule has 6 N–H and O–H groups in total. The Morgan fingerprint density at radius 3 is 1.25 bits per heavy atom. The van der Waals surface area contributed by atoms with Crippen molar-refractivity contribution in [2.45, 2.75) is 33.4 Å². The van der Waals surface area contributed by atoms with E-state index in [9.17, 15) is 75.9 Å². The van der Waals surface area contributed by atoms with Gasteiger partial charge in [0.1, 0.15) is 40.5 Å². The van der Waals surface area contributed by atoms with Gasteiger partial charge in [0.15, 0.2) is 0 Å². The van der Waals surface area contributed by atoms with E-state index in [1.54, 1.807) is 19.9 Å². The van der Waals surface area contributed by atoms with Crippen LogP contribution in [0.5, 0.6) is 0 Å². The van der Waals surface area contributed by atoms with Crippen molar-refractivity contribution in [3.05, 3.63) is 179 Å². The molecule has 33 heteroatoms. The topological polar surface area (TPSA) is 386 Å². The number of nitrogens with one attached hydrogen (secondary N) is 6. The Labute approximate surface area is 614 Å². The van der Waals surface area contributed by atoms with E-state index < -0.39 is 106 Å². The van der Waals surface area contributed by atoms with Crippen molar-refractivity contribution in [3.63, 3.8) is 0 Å². The van der Waals surface area contributed by atoms with Crippen molar-refractivity contribution in [3.8, 4) is 0 Å². The van der Waals surface area contributed by atoms with Crippen LogP contribution in [-0.4, -0.2) is 81.5 Å². The second-order valence-corrected chi connectivity index (χ2v) is 22.3. The van der Waals surface area contributed by atoms with Crippen LogP contribution in [0.1, 0.15) is 52.6 Å². The fourth-order valence-corrected chi connectivity index (χ4v) is 10.5. The zero-order valence-electron chi connectivity index (χ0n) is 45.8. The van der Waals surface area contributed by atoms with Gasteiger partial charge in [-0.15, -0.1) is 0 Å². The molecule has 0 aromatic heterocycles. The van der Waals surface area contributed by atoms with Crippen molar-refractivity contribution in [1.82, 2.24) is 0 Å². The molecule has 0 spiro atoms. The molecule has 0 aliphatic rings. The minimum absolute atomic E-state index is 0. The summed E-state index contributed by atoms with van der Waals surface area (Å²) in [5, 5.41) is 13.9. The Morgan fingerprint density at radius 2 is 0.810 bits per heavy atom. The van der Waals surface area contributed by atoms with Gasteiger partial charge in [-0.25, -0.2) is 49.2 Å². The molecule has 0 saturated carbocycles. The molecule has 8 aromatic carbocycles. The summed E-state index contributed by atoms with van der Waals surface area (Å²) < 4.78 is 144. The van der Waals surface area contributed by atoms with Crippen LogP contribution in [0.2, 0.25) is 0 Å². The van der Waals surface area contributed by atoms with Crippen molar-refractivity contribution >= 4 is 126 Å². The first-order valence-electron chi connectivity index (χ1n) is 22.1. The third-order valence-electron chi connectivity index (χ3n) is 11.6. The van der Waals surface area contributed by atoms with Crippen molar-refractivity contribution in [2.24, 2.45) is 0 Å². The van der Waals surface area contributed by atoms with Crippen LogP contribution in [0.3, 0.4) is 0 Å². The molecule has 8 rings (SSSR count). The molecule has 8 aromatic rings. The summed E-state index contributed by atoms with van der Waals surface area (Å²) in [6, 6.07) is 31.5. The zero-order valence-corrected chi connectivity index (χ0v) is 61.0. The second kappa shape index (κ2) is 31.5. The molecule has 0 atom stereocenters. The maximum atomic E-state index is 13.6. The summed E-state index contributed by atoms with van der Waals surface area (Å²) in [6.07, 6.45) is 0. The van der Waals surface area contributed by atoms with Crippen LogP contribution in [0, 0.1) is 26.0 Å². The summed E-state index contributed by atoms with van der Waals surface area (Å²) in [5.41, 5.74) is 1.25. The van der Waals surface area contributed by atoms with E-state index in [0.29, 0.717) is 23.3 Å². The van der Waals surface area contributed by atoms with Gasteiger partial charge >= 0.3 is 183 Å². The summed E-state index contributed by atoms with van der Waals surface area (Å²) >= 11 is 0. The van der Waals surface area contributed by atoms with E-state index in [0.717, 1.165) is 12.1 Å². The quantitative estimate of drug-likeness (QED) is 0.0334. The third-order valence-corrected chi connectivity index (χ3v) is 15.1. The average Bonchev–Trinajstić information content (AvgIpc) is 2.83. The number of carbonyl (C=O) groups is 5. The van der Waals surface area contributed by atoms with Crippen LogP contribution >= 0.6 is 0 Å². The molecule has 0 saturated heterocycles. The number of amides is 6. The molecule has 0 heterocycles. The Balaban J connectivity index is 0.00000401. The fourth-order valence-electron chi connectivity index (χ4n) is 7.86. The van der Waals surface area contributed by atoms with Crippen LogP contribution in [-0.2, 0) is 40.5 Å².